The molecular formula is C17H26N2O. The Balaban J connectivity index is 1.89. The van der Waals surface area contributed by atoms with Gasteiger partial charge in [-0.15, -0.1) is 0 Å². The number of hydrogen-bond donors (Lipinski definition) is 1. The lowest BCUT2D eigenvalue weighted by atomic mass is 10.1. The molecule has 1 aliphatic rings. The number of hydrogen-bond acceptors (Lipinski definition) is 2. The summed E-state index contributed by atoms with van der Waals surface area (Å²) >= 11 is 0. The average molecular weight is 274 g/mol. The quantitative estimate of drug-likeness (QED) is 0.831. The maximum atomic E-state index is 12.4. The molecule has 2 rings (SSSR count). The van der Waals surface area contributed by atoms with Crippen molar-refractivity contribution in [3.63, 3.8) is 0 Å². The van der Waals surface area contributed by atoms with Gasteiger partial charge in [0, 0.05) is 25.0 Å². The fourth-order valence-corrected chi connectivity index (χ4v) is 2.42. The highest BCUT2D eigenvalue weighted by Gasteiger charge is 2.32. The van der Waals surface area contributed by atoms with Crippen molar-refractivity contribution in [2.45, 2.75) is 64.6 Å². The van der Waals surface area contributed by atoms with Gasteiger partial charge in [-0.3, -0.25) is 4.79 Å². The van der Waals surface area contributed by atoms with Gasteiger partial charge >= 0.3 is 0 Å². The summed E-state index contributed by atoms with van der Waals surface area (Å²) in [5.41, 5.74) is 8.22. The van der Waals surface area contributed by atoms with Crippen LogP contribution in [0.2, 0.25) is 0 Å². The van der Waals surface area contributed by atoms with Crippen molar-refractivity contribution >= 4 is 5.91 Å². The second-order valence-electron chi connectivity index (χ2n) is 6.11. The van der Waals surface area contributed by atoms with Crippen LogP contribution in [-0.4, -0.2) is 22.9 Å². The SMILES string of the molecule is Cc1ccc(CN(C(=O)CCCC(C)N)C2CC2)cc1. The third kappa shape index (κ3) is 4.64. The summed E-state index contributed by atoms with van der Waals surface area (Å²) in [6.45, 7) is 4.83. The van der Waals surface area contributed by atoms with E-state index in [4.69, 9.17) is 5.73 Å². The van der Waals surface area contributed by atoms with Crippen LogP contribution in [0.3, 0.4) is 0 Å². The Labute approximate surface area is 122 Å². The Morgan fingerprint density at radius 1 is 1.35 bits per heavy atom. The minimum absolute atomic E-state index is 0.189. The summed E-state index contributed by atoms with van der Waals surface area (Å²) in [6.07, 6.45) is 4.77. The third-order valence-corrected chi connectivity index (χ3v) is 3.83. The number of nitrogens with zero attached hydrogens (tertiary/aromatic N) is 1. The average Bonchev–Trinajstić information content (AvgIpc) is 3.21. The number of benzene rings is 1. The fraction of sp³-hybridized carbons (Fsp3) is 0.588. The Morgan fingerprint density at radius 2 is 2.00 bits per heavy atom. The zero-order valence-corrected chi connectivity index (χ0v) is 12.6. The summed E-state index contributed by atoms with van der Waals surface area (Å²) in [7, 11) is 0. The standard InChI is InChI=1S/C17H26N2O/c1-13-6-8-15(9-7-13)12-19(16-10-11-16)17(20)5-3-4-14(2)18/h6-9,14,16H,3-5,10-12,18H2,1-2H3. The molecular weight excluding hydrogens is 248 g/mol. The van der Waals surface area contributed by atoms with Gasteiger partial charge < -0.3 is 10.6 Å². The largest absolute Gasteiger partial charge is 0.335 e. The normalized spacial score (nSPS) is 15.9. The second kappa shape index (κ2) is 6.89. The Morgan fingerprint density at radius 3 is 2.55 bits per heavy atom. The first-order valence-electron chi connectivity index (χ1n) is 7.67. The Bertz CT molecular complexity index is 435. The fourth-order valence-electron chi connectivity index (χ4n) is 2.42. The molecule has 20 heavy (non-hydrogen) atoms. The predicted octanol–water partition coefficient (Wildman–Crippen LogP) is 3.00. The predicted molar refractivity (Wildman–Crippen MR) is 82.3 cm³/mol. The molecule has 3 heteroatoms. The minimum Gasteiger partial charge on any atom is -0.335 e. The van der Waals surface area contributed by atoms with Crippen LogP contribution >= 0.6 is 0 Å². The van der Waals surface area contributed by atoms with Gasteiger partial charge in [-0.2, -0.15) is 0 Å². The minimum atomic E-state index is 0.189. The van der Waals surface area contributed by atoms with Crippen LogP contribution in [0.25, 0.3) is 0 Å². The van der Waals surface area contributed by atoms with Crippen molar-refractivity contribution in [1.29, 1.82) is 0 Å². The van der Waals surface area contributed by atoms with Crippen LogP contribution < -0.4 is 5.73 Å². The summed E-state index contributed by atoms with van der Waals surface area (Å²) in [4.78, 5) is 14.4. The molecule has 0 aromatic heterocycles. The van der Waals surface area contributed by atoms with Crippen molar-refractivity contribution < 1.29 is 4.79 Å². The van der Waals surface area contributed by atoms with Crippen molar-refractivity contribution in [2.24, 2.45) is 5.73 Å². The highest BCUT2D eigenvalue weighted by Crippen LogP contribution is 2.29. The van der Waals surface area contributed by atoms with Gasteiger partial charge in [0.15, 0.2) is 0 Å². The van der Waals surface area contributed by atoms with E-state index >= 15 is 0 Å². The van der Waals surface area contributed by atoms with Crippen molar-refractivity contribution in [3.05, 3.63) is 35.4 Å². The van der Waals surface area contributed by atoms with E-state index in [-0.39, 0.29) is 11.9 Å². The van der Waals surface area contributed by atoms with Gasteiger partial charge in [-0.1, -0.05) is 29.8 Å². The topological polar surface area (TPSA) is 46.3 Å². The van der Waals surface area contributed by atoms with Gasteiger partial charge in [0.1, 0.15) is 0 Å². The molecule has 1 unspecified atom stereocenters. The molecule has 1 fully saturated rings. The maximum absolute atomic E-state index is 12.4. The van der Waals surface area contributed by atoms with E-state index in [2.05, 4.69) is 36.1 Å². The van der Waals surface area contributed by atoms with Crippen molar-refractivity contribution in [3.8, 4) is 0 Å². The molecule has 1 aromatic carbocycles. The maximum Gasteiger partial charge on any atom is 0.223 e. The van der Waals surface area contributed by atoms with Crippen LogP contribution in [-0.2, 0) is 11.3 Å². The molecule has 0 radical (unpaired) electrons. The summed E-state index contributed by atoms with van der Waals surface area (Å²) in [5.74, 6) is 0.286. The first-order valence-corrected chi connectivity index (χ1v) is 7.67. The summed E-state index contributed by atoms with van der Waals surface area (Å²) in [5, 5.41) is 0. The molecule has 0 aliphatic heterocycles. The number of nitrogens with two attached hydrogens (primary N) is 1. The molecule has 3 nitrogen and oxygen atoms in total. The van der Waals surface area contributed by atoms with E-state index in [1.807, 2.05) is 6.92 Å². The molecule has 1 atom stereocenters. The van der Waals surface area contributed by atoms with Crippen LogP contribution in [0.15, 0.2) is 24.3 Å². The van der Waals surface area contributed by atoms with E-state index in [1.54, 1.807) is 0 Å². The van der Waals surface area contributed by atoms with Gasteiger partial charge in [0.05, 0.1) is 0 Å². The van der Waals surface area contributed by atoms with E-state index in [0.717, 1.165) is 32.2 Å². The lowest BCUT2D eigenvalue weighted by Gasteiger charge is -2.23. The lowest BCUT2D eigenvalue weighted by Crippen LogP contribution is -2.32. The first-order chi connectivity index (χ1) is 9.56. The third-order valence-electron chi connectivity index (χ3n) is 3.83. The second-order valence-corrected chi connectivity index (χ2v) is 6.11. The van der Waals surface area contributed by atoms with Crippen LogP contribution in [0.4, 0.5) is 0 Å². The van der Waals surface area contributed by atoms with E-state index in [9.17, 15) is 4.79 Å². The Hall–Kier alpha value is -1.35. The first kappa shape index (κ1) is 15.0. The van der Waals surface area contributed by atoms with Gasteiger partial charge in [0.2, 0.25) is 5.91 Å². The molecule has 1 saturated carbocycles. The molecule has 1 aliphatic carbocycles. The van der Waals surface area contributed by atoms with E-state index < -0.39 is 0 Å². The smallest absolute Gasteiger partial charge is 0.223 e. The summed E-state index contributed by atoms with van der Waals surface area (Å²) in [6, 6.07) is 9.13. The zero-order chi connectivity index (χ0) is 14.5. The number of carbonyl (C=O) groups excluding carboxylic acids is 1. The number of aryl methyl sites for hydroxylation is 1. The van der Waals surface area contributed by atoms with Gasteiger partial charge in [0.25, 0.3) is 0 Å². The Kier molecular flexibility index (Phi) is 5.18. The van der Waals surface area contributed by atoms with Gasteiger partial charge in [-0.25, -0.2) is 0 Å². The number of amides is 1. The monoisotopic (exact) mass is 274 g/mol. The van der Waals surface area contributed by atoms with Crippen molar-refractivity contribution in [1.82, 2.24) is 4.90 Å². The number of rotatable bonds is 7. The number of carbonyl (C=O) groups is 1. The molecule has 0 spiro atoms. The van der Waals surface area contributed by atoms with Crippen LogP contribution in [0, 0.1) is 6.92 Å². The van der Waals surface area contributed by atoms with Crippen LogP contribution in [0.1, 0.15) is 50.2 Å². The lowest BCUT2D eigenvalue weighted by molar-refractivity contribution is -0.132. The van der Waals surface area contributed by atoms with Gasteiger partial charge in [-0.05, 0) is 45.1 Å². The van der Waals surface area contributed by atoms with Crippen LogP contribution in [0.5, 0.6) is 0 Å². The summed E-state index contributed by atoms with van der Waals surface area (Å²) < 4.78 is 0. The molecule has 0 saturated heterocycles. The zero-order valence-electron chi connectivity index (χ0n) is 12.6. The molecule has 0 bridgehead atoms. The molecule has 2 N–H and O–H groups in total. The molecule has 0 heterocycles. The van der Waals surface area contributed by atoms with Crippen molar-refractivity contribution in [2.75, 3.05) is 0 Å². The molecule has 110 valence electrons. The van der Waals surface area contributed by atoms with E-state index in [1.165, 1.54) is 11.1 Å². The highest BCUT2D eigenvalue weighted by atomic mass is 16.2. The van der Waals surface area contributed by atoms with E-state index in [0.29, 0.717) is 12.5 Å². The highest BCUT2D eigenvalue weighted by molar-refractivity contribution is 5.76. The molecule has 1 aromatic rings. The molecule has 1 amide bonds.